The molecule has 0 aliphatic heterocycles. The molecule has 0 amide bonds. The molecule has 43 heavy (non-hydrogen) atoms. The molecule has 0 saturated carbocycles. The van der Waals surface area contributed by atoms with Crippen molar-refractivity contribution < 1.29 is 4.39 Å². The number of pyridine rings is 2. The molecule has 0 unspecified atom stereocenters. The predicted molar refractivity (Wildman–Crippen MR) is 174 cm³/mol. The van der Waals surface area contributed by atoms with Crippen LogP contribution in [0, 0.1) is 5.82 Å². The highest BCUT2D eigenvalue weighted by Gasteiger charge is 2.17. The van der Waals surface area contributed by atoms with E-state index >= 15 is 0 Å². The van der Waals surface area contributed by atoms with Gasteiger partial charge in [0.2, 0.25) is 0 Å². The number of aromatic nitrogens is 6. The Morgan fingerprint density at radius 1 is 1.07 bits per heavy atom. The molecule has 9 nitrogen and oxygen atoms in total. The molecule has 1 aromatic carbocycles. The number of hydrogen-bond donors (Lipinski definition) is 3. The standard InChI is InChI=1S/C33H38FN9/c1-8-20(2)11-22(12-21(3)43(6)7)24-15-27-31(40-41-32(27)37-17-24)33-38-29-19-35-18-28(30(29)39-33)23-13-25(34)16-26(14-23)36-9-10-42(4)5/h11-19,36H,2,8-10H2,1,3-7H3,(H,38,39)(H,37,40,41). The third kappa shape index (κ3) is 6.65. The average Bonchev–Trinajstić information content (AvgIpc) is 3.59. The fourth-order valence-corrected chi connectivity index (χ4v) is 4.66. The normalized spacial score (nSPS) is 12.5. The van der Waals surface area contributed by atoms with Gasteiger partial charge in [-0.2, -0.15) is 5.10 Å². The molecule has 0 aliphatic rings. The number of hydrogen-bond acceptors (Lipinski definition) is 7. The number of nitrogens with one attached hydrogen (secondary N) is 3. The Morgan fingerprint density at radius 2 is 1.88 bits per heavy atom. The Labute approximate surface area is 251 Å². The number of halogens is 1. The van der Waals surface area contributed by atoms with Crippen molar-refractivity contribution in [2.45, 2.75) is 20.3 Å². The van der Waals surface area contributed by atoms with Crippen molar-refractivity contribution in [1.82, 2.24) is 39.9 Å². The van der Waals surface area contributed by atoms with Gasteiger partial charge in [-0.3, -0.25) is 10.1 Å². The van der Waals surface area contributed by atoms with Crippen LogP contribution < -0.4 is 5.32 Å². The second-order valence-corrected chi connectivity index (χ2v) is 11.1. The number of H-pyrrole nitrogens is 2. The summed E-state index contributed by atoms with van der Waals surface area (Å²) in [5.74, 6) is 0.263. The van der Waals surface area contributed by atoms with Gasteiger partial charge in [0.25, 0.3) is 0 Å². The van der Waals surface area contributed by atoms with Crippen LogP contribution in [0.2, 0.25) is 0 Å². The number of benzene rings is 1. The quantitative estimate of drug-likeness (QED) is 0.154. The summed E-state index contributed by atoms with van der Waals surface area (Å²) in [4.78, 5) is 21.5. The maximum atomic E-state index is 14.7. The van der Waals surface area contributed by atoms with Crippen LogP contribution >= 0.6 is 0 Å². The number of allylic oxidation sites excluding steroid dienone is 5. The van der Waals surface area contributed by atoms with Crippen molar-refractivity contribution in [3.05, 3.63) is 84.2 Å². The van der Waals surface area contributed by atoms with Gasteiger partial charge in [-0.15, -0.1) is 0 Å². The van der Waals surface area contributed by atoms with Crippen molar-refractivity contribution >= 4 is 33.3 Å². The van der Waals surface area contributed by atoms with E-state index in [-0.39, 0.29) is 5.82 Å². The number of imidazole rings is 1. The average molecular weight is 580 g/mol. The highest BCUT2D eigenvalue weighted by atomic mass is 19.1. The summed E-state index contributed by atoms with van der Waals surface area (Å²) < 4.78 is 14.7. The van der Waals surface area contributed by atoms with Crippen LogP contribution in [0.5, 0.6) is 0 Å². The highest BCUT2D eigenvalue weighted by molar-refractivity contribution is 5.97. The van der Waals surface area contributed by atoms with E-state index in [1.807, 2.05) is 40.5 Å². The minimum atomic E-state index is -0.330. The summed E-state index contributed by atoms with van der Waals surface area (Å²) in [7, 11) is 8.04. The maximum absolute atomic E-state index is 14.7. The van der Waals surface area contributed by atoms with Crippen LogP contribution in [0.25, 0.3) is 50.3 Å². The van der Waals surface area contributed by atoms with Gasteiger partial charge in [-0.1, -0.05) is 25.2 Å². The summed E-state index contributed by atoms with van der Waals surface area (Å²) in [5.41, 5.74) is 8.91. The van der Waals surface area contributed by atoms with E-state index in [4.69, 9.17) is 4.98 Å². The van der Waals surface area contributed by atoms with Crippen LogP contribution in [0.3, 0.4) is 0 Å². The molecular weight excluding hydrogens is 541 g/mol. The van der Waals surface area contributed by atoms with Crippen molar-refractivity contribution in [2.24, 2.45) is 0 Å². The van der Waals surface area contributed by atoms with Crippen molar-refractivity contribution in [2.75, 3.05) is 46.6 Å². The van der Waals surface area contributed by atoms with E-state index in [1.54, 1.807) is 12.4 Å². The predicted octanol–water partition coefficient (Wildman–Crippen LogP) is 6.49. The number of likely N-dealkylation sites (N-methyl/N-ethyl adjacent to an activating group) is 1. The molecule has 10 heteroatoms. The number of anilines is 1. The van der Waals surface area contributed by atoms with Gasteiger partial charge in [-0.25, -0.2) is 14.4 Å². The fourth-order valence-electron chi connectivity index (χ4n) is 4.66. The molecule has 0 spiro atoms. The van der Waals surface area contributed by atoms with Gasteiger partial charge >= 0.3 is 0 Å². The molecule has 0 radical (unpaired) electrons. The molecule has 0 bridgehead atoms. The number of rotatable bonds is 11. The van der Waals surface area contributed by atoms with E-state index in [0.29, 0.717) is 40.5 Å². The molecular formula is C33H38FN9. The Morgan fingerprint density at radius 3 is 2.63 bits per heavy atom. The lowest BCUT2D eigenvalue weighted by molar-refractivity contribution is 0.425. The van der Waals surface area contributed by atoms with Gasteiger partial charge in [-0.05, 0) is 68.9 Å². The summed E-state index contributed by atoms with van der Waals surface area (Å²) in [6, 6.07) is 7.00. The molecule has 4 aromatic heterocycles. The zero-order chi connectivity index (χ0) is 30.7. The Bertz CT molecular complexity index is 1840. The molecule has 4 heterocycles. The van der Waals surface area contributed by atoms with E-state index in [2.05, 4.69) is 78.9 Å². The molecule has 0 saturated heterocycles. The van der Waals surface area contributed by atoms with E-state index in [9.17, 15) is 4.39 Å². The summed E-state index contributed by atoms with van der Waals surface area (Å²) in [5, 5.41) is 11.7. The smallest absolute Gasteiger partial charge is 0.181 e. The van der Waals surface area contributed by atoms with Crippen molar-refractivity contribution in [1.29, 1.82) is 0 Å². The van der Waals surface area contributed by atoms with Crippen LogP contribution in [0.1, 0.15) is 25.8 Å². The SMILES string of the molecule is C=C(C=C(C=C(C)N(C)C)c1cnc2n[nH]c(-c3nc4c(-c5cc(F)cc(NCCN(C)C)c5)cncc4[nH]3)c2c1)CC. The lowest BCUT2D eigenvalue weighted by Crippen LogP contribution is -2.20. The van der Waals surface area contributed by atoms with Gasteiger partial charge in [0.15, 0.2) is 11.5 Å². The van der Waals surface area contributed by atoms with Crippen LogP contribution in [0.4, 0.5) is 10.1 Å². The number of nitrogens with zero attached hydrogens (tertiary/aromatic N) is 6. The van der Waals surface area contributed by atoms with E-state index < -0.39 is 0 Å². The summed E-state index contributed by atoms with van der Waals surface area (Å²) in [6.07, 6.45) is 10.3. The number of fused-ring (bicyclic) bond motifs is 2. The van der Waals surface area contributed by atoms with E-state index in [0.717, 1.165) is 51.8 Å². The first-order valence-electron chi connectivity index (χ1n) is 14.3. The molecule has 222 valence electrons. The zero-order valence-corrected chi connectivity index (χ0v) is 25.6. The maximum Gasteiger partial charge on any atom is 0.181 e. The zero-order valence-electron chi connectivity index (χ0n) is 25.6. The Balaban J connectivity index is 1.57. The highest BCUT2D eigenvalue weighted by Crippen LogP contribution is 2.33. The molecule has 0 aliphatic carbocycles. The van der Waals surface area contributed by atoms with Crippen molar-refractivity contribution in [3.8, 4) is 22.6 Å². The molecule has 5 aromatic rings. The van der Waals surface area contributed by atoms with E-state index in [1.165, 1.54) is 12.1 Å². The van der Waals surface area contributed by atoms with Crippen molar-refractivity contribution in [3.63, 3.8) is 0 Å². The summed E-state index contributed by atoms with van der Waals surface area (Å²) in [6.45, 7) is 9.87. The third-order valence-corrected chi connectivity index (χ3v) is 7.35. The second kappa shape index (κ2) is 12.6. The van der Waals surface area contributed by atoms with Gasteiger partial charge in [0.05, 0.1) is 22.6 Å². The topological polar surface area (TPSA) is 102 Å². The minimum absolute atomic E-state index is 0.330. The molecule has 3 N–H and O–H groups in total. The van der Waals surface area contributed by atoms with Crippen LogP contribution in [-0.2, 0) is 0 Å². The lowest BCUT2D eigenvalue weighted by atomic mass is 10.0. The van der Waals surface area contributed by atoms with Gasteiger partial charge < -0.3 is 20.1 Å². The molecule has 0 atom stereocenters. The fraction of sp³-hybridized carbons (Fsp3) is 0.273. The Kier molecular flexibility index (Phi) is 8.68. The Hall–Kier alpha value is -4.83. The monoisotopic (exact) mass is 579 g/mol. The molecule has 0 fully saturated rings. The third-order valence-electron chi connectivity index (χ3n) is 7.35. The number of aromatic amines is 2. The molecule has 5 rings (SSSR count). The van der Waals surface area contributed by atoms with Crippen LogP contribution in [0.15, 0.2) is 72.9 Å². The first-order chi connectivity index (χ1) is 20.6. The van der Waals surface area contributed by atoms with Gasteiger partial charge in [0.1, 0.15) is 11.5 Å². The first kappa shape index (κ1) is 29.7. The second-order valence-electron chi connectivity index (χ2n) is 11.1. The minimum Gasteiger partial charge on any atom is -0.384 e. The first-order valence-corrected chi connectivity index (χ1v) is 14.3. The summed E-state index contributed by atoms with van der Waals surface area (Å²) >= 11 is 0. The van der Waals surface area contributed by atoms with Gasteiger partial charge in [0, 0.05) is 62.1 Å². The van der Waals surface area contributed by atoms with Crippen LogP contribution in [-0.4, -0.2) is 81.2 Å². The lowest BCUT2D eigenvalue weighted by Gasteiger charge is -2.14. The largest absolute Gasteiger partial charge is 0.384 e.